The molecule has 0 spiro atoms. The summed E-state index contributed by atoms with van der Waals surface area (Å²) in [7, 11) is 1.70. The Morgan fingerprint density at radius 2 is 2.14 bits per heavy atom. The first-order valence-electron chi connectivity index (χ1n) is 7.17. The van der Waals surface area contributed by atoms with Crippen LogP contribution in [-0.4, -0.2) is 25.2 Å². The second kappa shape index (κ2) is 6.25. The first-order valence-corrected chi connectivity index (χ1v) is 7.55. The van der Waals surface area contributed by atoms with Crippen LogP contribution in [0.5, 0.6) is 5.75 Å². The zero-order chi connectivity index (χ0) is 15.5. The largest absolute Gasteiger partial charge is 0.496 e. The molecule has 1 unspecified atom stereocenters. The van der Waals surface area contributed by atoms with Gasteiger partial charge in [-0.1, -0.05) is 29.8 Å². The predicted octanol–water partition coefficient (Wildman–Crippen LogP) is 3.61. The molecule has 4 nitrogen and oxygen atoms in total. The van der Waals surface area contributed by atoms with Crippen molar-refractivity contribution in [2.75, 3.05) is 25.1 Å². The van der Waals surface area contributed by atoms with E-state index in [4.69, 9.17) is 21.6 Å². The second-order valence-corrected chi connectivity index (χ2v) is 5.69. The highest BCUT2D eigenvalue weighted by Crippen LogP contribution is 2.35. The Kier molecular flexibility index (Phi) is 4.17. The first-order chi connectivity index (χ1) is 10.7. The molecular formula is C17H16ClN3O. The lowest BCUT2D eigenvalue weighted by atomic mass is 9.97. The number of hydrogen-bond acceptors (Lipinski definition) is 4. The van der Waals surface area contributed by atoms with E-state index in [1.807, 2.05) is 30.3 Å². The van der Waals surface area contributed by atoms with E-state index in [0.29, 0.717) is 10.9 Å². The summed E-state index contributed by atoms with van der Waals surface area (Å²) >= 11 is 5.95. The Morgan fingerprint density at radius 1 is 1.32 bits per heavy atom. The maximum absolute atomic E-state index is 9.05. The maximum Gasteiger partial charge on any atom is 0.161 e. The number of pyridine rings is 1. The third-order valence-electron chi connectivity index (χ3n) is 4.03. The molecule has 22 heavy (non-hydrogen) atoms. The first kappa shape index (κ1) is 14.7. The van der Waals surface area contributed by atoms with Crippen LogP contribution in [0, 0.1) is 11.3 Å². The monoisotopic (exact) mass is 313 g/mol. The average molecular weight is 314 g/mol. The molecule has 0 radical (unpaired) electrons. The Bertz CT molecular complexity index is 726. The van der Waals surface area contributed by atoms with E-state index in [2.05, 4.69) is 16.0 Å². The molecule has 112 valence electrons. The zero-order valence-electron chi connectivity index (χ0n) is 12.3. The molecule has 1 aromatic heterocycles. The number of para-hydroxylation sites is 1. The van der Waals surface area contributed by atoms with Crippen molar-refractivity contribution < 1.29 is 4.74 Å². The van der Waals surface area contributed by atoms with Gasteiger partial charge in [0.15, 0.2) is 5.69 Å². The van der Waals surface area contributed by atoms with Gasteiger partial charge in [0.2, 0.25) is 0 Å². The summed E-state index contributed by atoms with van der Waals surface area (Å²) in [4.78, 5) is 6.53. The highest BCUT2D eigenvalue weighted by Gasteiger charge is 2.27. The Hall–Kier alpha value is -2.25. The van der Waals surface area contributed by atoms with Gasteiger partial charge in [-0.25, -0.2) is 4.98 Å². The van der Waals surface area contributed by atoms with Gasteiger partial charge in [-0.05, 0) is 30.2 Å². The quantitative estimate of drug-likeness (QED) is 0.868. The zero-order valence-corrected chi connectivity index (χ0v) is 13.0. The molecule has 1 aliphatic rings. The van der Waals surface area contributed by atoms with Crippen molar-refractivity contribution in [1.82, 2.24) is 4.98 Å². The van der Waals surface area contributed by atoms with Crippen LogP contribution in [0.15, 0.2) is 36.4 Å². The molecule has 0 bridgehead atoms. The molecule has 3 rings (SSSR count). The van der Waals surface area contributed by atoms with E-state index in [-0.39, 0.29) is 5.69 Å². The van der Waals surface area contributed by atoms with Crippen molar-refractivity contribution in [3.8, 4) is 11.8 Å². The summed E-state index contributed by atoms with van der Waals surface area (Å²) in [6.45, 7) is 1.77. The summed E-state index contributed by atoms with van der Waals surface area (Å²) in [5.41, 5.74) is 1.50. The van der Waals surface area contributed by atoms with Crippen molar-refractivity contribution in [1.29, 1.82) is 5.26 Å². The number of nitriles is 1. The molecule has 0 saturated carbocycles. The maximum atomic E-state index is 9.05. The minimum Gasteiger partial charge on any atom is -0.496 e. The third kappa shape index (κ3) is 2.72. The van der Waals surface area contributed by atoms with E-state index >= 15 is 0 Å². The van der Waals surface area contributed by atoms with Crippen LogP contribution in [0.4, 0.5) is 5.82 Å². The van der Waals surface area contributed by atoms with Gasteiger partial charge in [0.05, 0.1) is 12.1 Å². The normalized spacial score (nSPS) is 17.3. The van der Waals surface area contributed by atoms with Gasteiger partial charge in [0.1, 0.15) is 17.6 Å². The molecule has 1 aliphatic heterocycles. The van der Waals surface area contributed by atoms with Gasteiger partial charge in [-0.15, -0.1) is 0 Å². The van der Waals surface area contributed by atoms with Crippen molar-refractivity contribution in [3.63, 3.8) is 0 Å². The third-order valence-corrected chi connectivity index (χ3v) is 4.33. The number of anilines is 1. The number of halogens is 1. The number of aromatic nitrogens is 1. The van der Waals surface area contributed by atoms with Crippen LogP contribution < -0.4 is 9.64 Å². The van der Waals surface area contributed by atoms with E-state index in [1.54, 1.807) is 13.2 Å². The lowest BCUT2D eigenvalue weighted by Gasteiger charge is -2.19. The highest BCUT2D eigenvalue weighted by atomic mass is 35.5. The van der Waals surface area contributed by atoms with Crippen molar-refractivity contribution in [2.24, 2.45) is 0 Å². The lowest BCUT2D eigenvalue weighted by Crippen LogP contribution is -2.20. The van der Waals surface area contributed by atoms with Crippen LogP contribution in [0.3, 0.4) is 0 Å². The standard InChI is InChI=1S/C17H16ClN3O/c1-22-16-5-3-2-4-13(16)12-8-9-21(11-12)17-7-6-14(18)15(10-19)20-17/h2-7,12H,8-9,11H2,1H3. The van der Waals surface area contributed by atoms with Crippen molar-refractivity contribution >= 4 is 17.4 Å². The number of benzene rings is 1. The molecule has 0 amide bonds. The molecule has 0 aliphatic carbocycles. The number of hydrogen-bond donors (Lipinski definition) is 0. The Balaban J connectivity index is 1.82. The molecule has 1 atom stereocenters. The predicted molar refractivity (Wildman–Crippen MR) is 86.5 cm³/mol. The van der Waals surface area contributed by atoms with E-state index < -0.39 is 0 Å². The minimum absolute atomic E-state index is 0.278. The summed E-state index contributed by atoms with van der Waals surface area (Å²) in [6.07, 6.45) is 1.03. The highest BCUT2D eigenvalue weighted by molar-refractivity contribution is 6.31. The lowest BCUT2D eigenvalue weighted by molar-refractivity contribution is 0.406. The fourth-order valence-corrected chi connectivity index (χ4v) is 3.06. The fraction of sp³-hybridized carbons (Fsp3) is 0.294. The second-order valence-electron chi connectivity index (χ2n) is 5.29. The van der Waals surface area contributed by atoms with Crippen LogP contribution in [0.1, 0.15) is 23.6 Å². The Labute approximate surface area is 134 Å². The molecule has 1 saturated heterocycles. The van der Waals surface area contributed by atoms with E-state index in [1.165, 1.54) is 5.56 Å². The smallest absolute Gasteiger partial charge is 0.161 e. The molecule has 0 N–H and O–H groups in total. The van der Waals surface area contributed by atoms with Crippen LogP contribution >= 0.6 is 11.6 Å². The molecular weight excluding hydrogens is 298 g/mol. The van der Waals surface area contributed by atoms with Crippen LogP contribution in [0.2, 0.25) is 5.02 Å². The van der Waals surface area contributed by atoms with Gasteiger partial charge >= 0.3 is 0 Å². The molecule has 1 fully saturated rings. The van der Waals surface area contributed by atoms with Crippen molar-refractivity contribution in [2.45, 2.75) is 12.3 Å². The fourth-order valence-electron chi connectivity index (χ4n) is 2.91. The number of nitrogens with zero attached hydrogens (tertiary/aromatic N) is 3. The Morgan fingerprint density at radius 3 is 2.91 bits per heavy atom. The molecule has 2 aromatic rings. The molecule has 1 aromatic carbocycles. The van der Waals surface area contributed by atoms with Crippen LogP contribution in [-0.2, 0) is 0 Å². The average Bonchev–Trinajstić information content (AvgIpc) is 3.05. The number of ether oxygens (including phenoxy) is 1. The van der Waals surface area contributed by atoms with Gasteiger partial charge in [0.25, 0.3) is 0 Å². The van der Waals surface area contributed by atoms with Gasteiger partial charge in [-0.2, -0.15) is 5.26 Å². The summed E-state index contributed by atoms with van der Waals surface area (Å²) in [5, 5.41) is 9.45. The molecule has 2 heterocycles. The van der Waals surface area contributed by atoms with Crippen LogP contribution in [0.25, 0.3) is 0 Å². The number of rotatable bonds is 3. The summed E-state index contributed by atoms with van der Waals surface area (Å²) < 4.78 is 5.46. The van der Waals surface area contributed by atoms with Crippen molar-refractivity contribution in [3.05, 3.63) is 52.7 Å². The summed E-state index contributed by atoms with van der Waals surface area (Å²) in [5.74, 6) is 2.13. The van der Waals surface area contributed by atoms with E-state index in [0.717, 1.165) is 31.1 Å². The van der Waals surface area contributed by atoms with Gasteiger partial charge < -0.3 is 9.64 Å². The van der Waals surface area contributed by atoms with E-state index in [9.17, 15) is 0 Å². The summed E-state index contributed by atoms with van der Waals surface area (Å²) in [6, 6.07) is 13.8. The number of methoxy groups -OCH3 is 1. The topological polar surface area (TPSA) is 49.1 Å². The molecule has 5 heteroatoms. The van der Waals surface area contributed by atoms with Gasteiger partial charge in [-0.3, -0.25) is 0 Å². The SMILES string of the molecule is COc1ccccc1C1CCN(c2ccc(Cl)c(C#N)n2)C1. The minimum atomic E-state index is 0.278. The van der Waals surface area contributed by atoms with Gasteiger partial charge in [0, 0.05) is 19.0 Å².